The maximum Gasteiger partial charge on any atom is 0.246 e. The summed E-state index contributed by atoms with van der Waals surface area (Å²) in [5.74, 6) is -0.166. The van der Waals surface area contributed by atoms with Crippen LogP contribution in [0.2, 0.25) is 0 Å². The van der Waals surface area contributed by atoms with Gasteiger partial charge in [0.15, 0.2) is 0 Å². The van der Waals surface area contributed by atoms with Gasteiger partial charge in [-0.3, -0.25) is 9.48 Å². The van der Waals surface area contributed by atoms with Crippen molar-refractivity contribution in [3.8, 4) is 0 Å². The van der Waals surface area contributed by atoms with Crippen LogP contribution < -0.4 is 5.32 Å². The number of hydrogen-bond donors (Lipinski definition) is 1. The third kappa shape index (κ3) is 4.07. The standard InChI is InChI=1S/C14H26N4O3S/c1-7-8-10(2)15-13(19)9-18-12(4)14(11(3)16-18)22(20,21)17(5)6/h10H,7-9H2,1-6H3,(H,15,19). The van der Waals surface area contributed by atoms with Crippen LogP contribution in [0, 0.1) is 13.8 Å². The van der Waals surface area contributed by atoms with E-state index in [0.717, 1.165) is 17.1 Å². The molecule has 0 aliphatic heterocycles. The van der Waals surface area contributed by atoms with Crippen molar-refractivity contribution < 1.29 is 13.2 Å². The van der Waals surface area contributed by atoms with Crippen LogP contribution in [0.3, 0.4) is 0 Å². The second kappa shape index (κ2) is 7.23. The average molecular weight is 330 g/mol. The maximum atomic E-state index is 12.3. The lowest BCUT2D eigenvalue weighted by molar-refractivity contribution is -0.122. The first kappa shape index (κ1) is 18.6. The number of nitrogens with zero attached hydrogens (tertiary/aromatic N) is 3. The Morgan fingerprint density at radius 1 is 1.36 bits per heavy atom. The van der Waals surface area contributed by atoms with Crippen molar-refractivity contribution >= 4 is 15.9 Å². The molecule has 126 valence electrons. The van der Waals surface area contributed by atoms with Crippen LogP contribution in [0.4, 0.5) is 0 Å². The van der Waals surface area contributed by atoms with E-state index in [1.165, 1.54) is 18.8 Å². The summed E-state index contributed by atoms with van der Waals surface area (Å²) in [4.78, 5) is 12.2. The first-order chi connectivity index (χ1) is 10.1. The zero-order valence-electron chi connectivity index (χ0n) is 14.2. The predicted molar refractivity (Wildman–Crippen MR) is 85.1 cm³/mol. The summed E-state index contributed by atoms with van der Waals surface area (Å²) in [5.41, 5.74) is 0.880. The Hall–Kier alpha value is -1.41. The highest BCUT2D eigenvalue weighted by molar-refractivity contribution is 7.89. The Bertz CT molecular complexity index is 635. The molecule has 0 spiro atoms. The molecule has 0 saturated heterocycles. The van der Waals surface area contributed by atoms with Gasteiger partial charge in [-0.15, -0.1) is 0 Å². The Kier molecular flexibility index (Phi) is 6.13. The summed E-state index contributed by atoms with van der Waals surface area (Å²) in [5, 5.41) is 7.09. The van der Waals surface area contributed by atoms with Crippen LogP contribution in [0.25, 0.3) is 0 Å². The predicted octanol–water partition coefficient (Wildman–Crippen LogP) is 1.06. The van der Waals surface area contributed by atoms with Crippen LogP contribution >= 0.6 is 0 Å². The van der Waals surface area contributed by atoms with E-state index in [0.29, 0.717) is 11.4 Å². The molecule has 0 saturated carbocycles. The Balaban J connectivity index is 2.98. The summed E-state index contributed by atoms with van der Waals surface area (Å²) in [6.45, 7) is 7.33. The number of rotatable bonds is 7. The number of aryl methyl sites for hydroxylation is 1. The number of aromatic nitrogens is 2. The third-order valence-electron chi connectivity index (χ3n) is 3.48. The van der Waals surface area contributed by atoms with Crippen LogP contribution in [0.1, 0.15) is 38.1 Å². The molecule has 1 unspecified atom stereocenters. The molecule has 1 heterocycles. The van der Waals surface area contributed by atoms with E-state index in [2.05, 4.69) is 17.3 Å². The van der Waals surface area contributed by atoms with E-state index in [-0.39, 0.29) is 23.4 Å². The number of carbonyl (C=O) groups excluding carboxylic acids is 1. The van der Waals surface area contributed by atoms with E-state index in [1.54, 1.807) is 13.8 Å². The van der Waals surface area contributed by atoms with Crippen molar-refractivity contribution in [2.75, 3.05) is 14.1 Å². The van der Waals surface area contributed by atoms with Gasteiger partial charge in [0.1, 0.15) is 11.4 Å². The minimum Gasteiger partial charge on any atom is -0.352 e. The van der Waals surface area contributed by atoms with Crippen LogP contribution in [-0.4, -0.2) is 48.5 Å². The fraction of sp³-hybridized carbons (Fsp3) is 0.714. The van der Waals surface area contributed by atoms with E-state index < -0.39 is 10.0 Å². The van der Waals surface area contributed by atoms with Gasteiger partial charge < -0.3 is 5.32 Å². The third-order valence-corrected chi connectivity index (χ3v) is 5.54. The molecule has 7 nitrogen and oxygen atoms in total. The molecule has 1 amide bonds. The van der Waals surface area contributed by atoms with E-state index in [4.69, 9.17) is 0 Å². The fourth-order valence-electron chi connectivity index (χ4n) is 2.35. The normalized spacial score (nSPS) is 13.4. The highest BCUT2D eigenvalue weighted by Crippen LogP contribution is 2.21. The lowest BCUT2D eigenvalue weighted by Crippen LogP contribution is -2.35. The summed E-state index contributed by atoms with van der Waals surface area (Å²) in [6, 6.07) is 0.0967. The van der Waals surface area contributed by atoms with Crippen LogP contribution in [0.15, 0.2) is 4.90 Å². The molecule has 0 radical (unpaired) electrons. The number of carbonyl (C=O) groups is 1. The highest BCUT2D eigenvalue weighted by atomic mass is 32.2. The lowest BCUT2D eigenvalue weighted by atomic mass is 10.2. The number of sulfonamides is 1. The molecule has 1 N–H and O–H groups in total. The van der Waals surface area contributed by atoms with Gasteiger partial charge in [-0.2, -0.15) is 5.10 Å². The Morgan fingerprint density at radius 2 is 1.95 bits per heavy atom. The van der Waals surface area contributed by atoms with Crippen molar-refractivity contribution in [2.24, 2.45) is 0 Å². The smallest absolute Gasteiger partial charge is 0.246 e. The average Bonchev–Trinajstić information content (AvgIpc) is 2.64. The van der Waals surface area contributed by atoms with Crippen molar-refractivity contribution in [2.45, 2.75) is 58.0 Å². The second-order valence-electron chi connectivity index (χ2n) is 5.70. The van der Waals surface area contributed by atoms with Gasteiger partial charge in [-0.05, 0) is 27.2 Å². The molecule has 8 heteroatoms. The molecular weight excluding hydrogens is 304 g/mol. The largest absolute Gasteiger partial charge is 0.352 e. The van der Waals surface area contributed by atoms with Gasteiger partial charge >= 0.3 is 0 Å². The van der Waals surface area contributed by atoms with E-state index in [9.17, 15) is 13.2 Å². The van der Waals surface area contributed by atoms with Crippen LogP contribution in [-0.2, 0) is 21.4 Å². The van der Waals surface area contributed by atoms with Gasteiger partial charge in [0.05, 0.1) is 11.4 Å². The summed E-state index contributed by atoms with van der Waals surface area (Å²) in [7, 11) is -0.613. The number of amides is 1. The molecule has 22 heavy (non-hydrogen) atoms. The quantitative estimate of drug-likeness (QED) is 0.810. The molecule has 1 rings (SSSR count). The molecule has 1 aromatic heterocycles. The fourth-order valence-corrected chi connectivity index (χ4v) is 3.61. The van der Waals surface area contributed by atoms with Crippen molar-refractivity contribution in [1.82, 2.24) is 19.4 Å². The van der Waals surface area contributed by atoms with Crippen molar-refractivity contribution in [1.29, 1.82) is 0 Å². The summed E-state index contributed by atoms with van der Waals surface area (Å²) >= 11 is 0. The SMILES string of the molecule is CCCC(C)NC(=O)Cn1nc(C)c(S(=O)(=O)N(C)C)c1C. The monoisotopic (exact) mass is 330 g/mol. The number of hydrogen-bond acceptors (Lipinski definition) is 4. The lowest BCUT2D eigenvalue weighted by Gasteiger charge is -2.14. The van der Waals surface area contributed by atoms with E-state index >= 15 is 0 Å². The Labute approximate surface area is 132 Å². The first-order valence-electron chi connectivity index (χ1n) is 7.37. The first-order valence-corrected chi connectivity index (χ1v) is 8.81. The zero-order valence-corrected chi connectivity index (χ0v) is 15.0. The molecule has 1 aromatic rings. The summed E-state index contributed by atoms with van der Waals surface area (Å²) < 4.78 is 27.2. The van der Waals surface area contributed by atoms with Gasteiger partial charge in [-0.25, -0.2) is 12.7 Å². The highest BCUT2D eigenvalue weighted by Gasteiger charge is 2.27. The van der Waals surface area contributed by atoms with Gasteiger partial charge in [0.2, 0.25) is 15.9 Å². The molecular formula is C14H26N4O3S. The van der Waals surface area contributed by atoms with Crippen LogP contribution in [0.5, 0.6) is 0 Å². The van der Waals surface area contributed by atoms with Gasteiger partial charge in [-0.1, -0.05) is 13.3 Å². The molecule has 0 aromatic carbocycles. The summed E-state index contributed by atoms with van der Waals surface area (Å²) in [6.07, 6.45) is 1.90. The maximum absolute atomic E-state index is 12.3. The molecule has 0 fully saturated rings. The second-order valence-corrected chi connectivity index (χ2v) is 7.79. The van der Waals surface area contributed by atoms with Crippen molar-refractivity contribution in [3.63, 3.8) is 0 Å². The molecule has 0 aliphatic rings. The zero-order chi connectivity index (χ0) is 17.1. The Morgan fingerprint density at radius 3 is 2.45 bits per heavy atom. The minimum atomic E-state index is -3.57. The van der Waals surface area contributed by atoms with Gasteiger partial charge in [0, 0.05) is 20.1 Å². The van der Waals surface area contributed by atoms with Crippen molar-refractivity contribution in [3.05, 3.63) is 11.4 Å². The molecule has 1 atom stereocenters. The molecule has 0 bridgehead atoms. The van der Waals surface area contributed by atoms with Gasteiger partial charge in [0.25, 0.3) is 0 Å². The topological polar surface area (TPSA) is 84.3 Å². The minimum absolute atomic E-state index is 0.0175. The molecule has 0 aliphatic carbocycles. The number of nitrogens with one attached hydrogen (secondary N) is 1. The van der Waals surface area contributed by atoms with E-state index in [1.807, 2.05) is 6.92 Å².